The summed E-state index contributed by atoms with van der Waals surface area (Å²) in [6.45, 7) is 4.06. The molecule has 0 bridgehead atoms. The Hall–Kier alpha value is -1.49. The summed E-state index contributed by atoms with van der Waals surface area (Å²) in [5, 5.41) is 3.68. The lowest BCUT2D eigenvalue weighted by Crippen LogP contribution is -1.93. The summed E-state index contributed by atoms with van der Waals surface area (Å²) < 4.78 is 11.5. The maximum atomic E-state index is 5.56. The van der Waals surface area contributed by atoms with Crippen molar-refractivity contribution in [2.45, 2.75) is 13.8 Å². The van der Waals surface area contributed by atoms with Gasteiger partial charge in [0.1, 0.15) is 5.75 Å². The number of ether oxygens (including phenoxy) is 1. The number of aromatic nitrogens is 1. The van der Waals surface area contributed by atoms with Gasteiger partial charge in [-0.25, -0.2) is 0 Å². The second-order valence-corrected chi connectivity index (χ2v) is 4.62. The molecule has 0 fully saturated rings. The Bertz CT molecular complexity index is 564. The molecule has 0 aliphatic carbocycles. The van der Waals surface area contributed by atoms with Crippen molar-refractivity contribution in [2.24, 2.45) is 0 Å². The average molecular weight is 297 g/mol. The molecule has 0 unspecified atom stereocenters. The minimum Gasteiger partial charge on any atom is -0.495 e. The predicted molar refractivity (Wildman–Crippen MR) is 70.1 cm³/mol. The molecule has 1 aromatic carbocycles. The van der Waals surface area contributed by atoms with Crippen molar-refractivity contribution in [2.75, 3.05) is 12.8 Å². The number of anilines is 1. The van der Waals surface area contributed by atoms with Crippen molar-refractivity contribution in [3.63, 3.8) is 0 Å². The molecule has 4 nitrogen and oxygen atoms in total. The Morgan fingerprint density at radius 2 is 2.06 bits per heavy atom. The van der Waals surface area contributed by atoms with Gasteiger partial charge in [-0.05, 0) is 47.0 Å². The number of benzene rings is 1. The van der Waals surface area contributed by atoms with Crippen LogP contribution in [0, 0.1) is 13.8 Å². The molecule has 90 valence electrons. The molecule has 1 heterocycles. The molecule has 2 rings (SSSR count). The van der Waals surface area contributed by atoms with Gasteiger partial charge in [-0.1, -0.05) is 5.16 Å². The minimum atomic E-state index is 0.358. The van der Waals surface area contributed by atoms with Crippen LogP contribution in [0.25, 0.3) is 11.3 Å². The van der Waals surface area contributed by atoms with Crippen LogP contribution in [-0.2, 0) is 0 Å². The summed E-state index contributed by atoms with van der Waals surface area (Å²) in [5.41, 5.74) is 8.67. The number of nitrogen functional groups attached to an aromatic ring is 1. The lowest BCUT2D eigenvalue weighted by atomic mass is 10.0. The normalized spacial score (nSPS) is 10.6. The van der Waals surface area contributed by atoms with Crippen LogP contribution < -0.4 is 10.5 Å². The highest BCUT2D eigenvalue weighted by Gasteiger charge is 2.17. The Morgan fingerprint density at radius 1 is 1.35 bits per heavy atom. The Morgan fingerprint density at radius 3 is 2.59 bits per heavy atom. The molecule has 0 saturated carbocycles. The van der Waals surface area contributed by atoms with E-state index in [2.05, 4.69) is 21.1 Å². The first-order valence-corrected chi connectivity index (χ1v) is 5.90. The van der Waals surface area contributed by atoms with Crippen LogP contribution in [0.1, 0.15) is 11.1 Å². The molecule has 17 heavy (non-hydrogen) atoms. The van der Waals surface area contributed by atoms with Crippen molar-refractivity contribution in [1.29, 1.82) is 0 Å². The van der Waals surface area contributed by atoms with Gasteiger partial charge in [0.15, 0.2) is 11.6 Å². The molecular formula is C12H13BrN2O2. The summed E-state index contributed by atoms with van der Waals surface area (Å²) in [5.74, 6) is 1.68. The van der Waals surface area contributed by atoms with Crippen LogP contribution >= 0.6 is 15.9 Å². The van der Waals surface area contributed by atoms with E-state index in [1.54, 1.807) is 13.2 Å². The maximum Gasteiger partial charge on any atom is 0.172 e. The van der Waals surface area contributed by atoms with Crippen LogP contribution in [0.2, 0.25) is 0 Å². The summed E-state index contributed by atoms with van der Waals surface area (Å²) in [7, 11) is 1.62. The standard InChI is InChI=1S/C12H13BrN2O2/c1-6-4-8(9-5-10(14)15-17-9)12(16-3)11(13)7(6)2/h4-5H,1-3H3,(H2,14,15). The molecule has 1 aromatic heterocycles. The van der Waals surface area contributed by atoms with E-state index in [0.717, 1.165) is 26.9 Å². The van der Waals surface area contributed by atoms with Crippen LogP contribution in [0.15, 0.2) is 21.1 Å². The van der Waals surface area contributed by atoms with Crippen LogP contribution in [0.5, 0.6) is 5.75 Å². The third kappa shape index (κ3) is 2.02. The molecule has 0 saturated heterocycles. The second kappa shape index (κ2) is 4.41. The zero-order chi connectivity index (χ0) is 12.6. The SMILES string of the molecule is COc1c(-c2cc(N)no2)cc(C)c(C)c1Br. The molecule has 0 spiro atoms. The third-order valence-corrected chi connectivity index (χ3v) is 3.68. The van der Waals surface area contributed by atoms with E-state index in [1.165, 1.54) is 0 Å². The number of rotatable bonds is 2. The van der Waals surface area contributed by atoms with Gasteiger partial charge in [0.05, 0.1) is 17.1 Å². The molecule has 2 aromatic rings. The highest BCUT2D eigenvalue weighted by molar-refractivity contribution is 9.10. The van der Waals surface area contributed by atoms with E-state index in [-0.39, 0.29) is 0 Å². The number of aryl methyl sites for hydroxylation is 1. The van der Waals surface area contributed by atoms with Gasteiger partial charge in [-0.2, -0.15) is 0 Å². The summed E-state index contributed by atoms with van der Waals surface area (Å²) in [6.07, 6.45) is 0. The number of hydrogen-bond acceptors (Lipinski definition) is 4. The Labute approximate surface area is 108 Å². The smallest absolute Gasteiger partial charge is 0.172 e. The monoisotopic (exact) mass is 296 g/mol. The first-order chi connectivity index (χ1) is 8.04. The molecule has 0 aliphatic rings. The van der Waals surface area contributed by atoms with Crippen LogP contribution in [0.4, 0.5) is 5.82 Å². The van der Waals surface area contributed by atoms with Crippen molar-refractivity contribution in [3.05, 3.63) is 27.7 Å². The average Bonchev–Trinajstić information content (AvgIpc) is 2.72. The number of halogens is 1. The molecule has 5 heteroatoms. The first-order valence-electron chi connectivity index (χ1n) is 5.11. The lowest BCUT2D eigenvalue weighted by Gasteiger charge is -2.12. The Kier molecular flexibility index (Phi) is 3.11. The van der Waals surface area contributed by atoms with Crippen molar-refractivity contribution < 1.29 is 9.26 Å². The fourth-order valence-corrected chi connectivity index (χ4v) is 2.34. The molecular weight excluding hydrogens is 284 g/mol. The van der Waals surface area contributed by atoms with Crippen molar-refractivity contribution >= 4 is 21.7 Å². The third-order valence-electron chi connectivity index (χ3n) is 2.72. The van der Waals surface area contributed by atoms with Gasteiger partial charge in [0.25, 0.3) is 0 Å². The van der Waals surface area contributed by atoms with Gasteiger partial charge in [0, 0.05) is 6.07 Å². The second-order valence-electron chi connectivity index (χ2n) is 3.83. The summed E-state index contributed by atoms with van der Waals surface area (Å²) >= 11 is 3.53. The van der Waals surface area contributed by atoms with E-state index in [9.17, 15) is 0 Å². The Balaban J connectivity index is 2.69. The van der Waals surface area contributed by atoms with E-state index in [4.69, 9.17) is 15.0 Å². The zero-order valence-electron chi connectivity index (χ0n) is 9.87. The van der Waals surface area contributed by atoms with E-state index >= 15 is 0 Å². The van der Waals surface area contributed by atoms with E-state index in [1.807, 2.05) is 19.9 Å². The van der Waals surface area contributed by atoms with Crippen LogP contribution in [0.3, 0.4) is 0 Å². The lowest BCUT2D eigenvalue weighted by molar-refractivity contribution is 0.404. The number of methoxy groups -OCH3 is 1. The minimum absolute atomic E-state index is 0.358. The fourth-order valence-electron chi connectivity index (χ4n) is 1.65. The highest BCUT2D eigenvalue weighted by atomic mass is 79.9. The number of nitrogens with two attached hydrogens (primary N) is 1. The van der Waals surface area contributed by atoms with Crippen LogP contribution in [-0.4, -0.2) is 12.3 Å². The molecule has 2 N–H and O–H groups in total. The van der Waals surface area contributed by atoms with Crippen molar-refractivity contribution in [3.8, 4) is 17.1 Å². The number of hydrogen-bond donors (Lipinski definition) is 1. The number of nitrogens with zero attached hydrogens (tertiary/aromatic N) is 1. The van der Waals surface area contributed by atoms with Gasteiger partial charge >= 0.3 is 0 Å². The summed E-state index contributed by atoms with van der Waals surface area (Å²) in [6, 6.07) is 3.68. The molecule has 0 amide bonds. The molecule has 0 radical (unpaired) electrons. The zero-order valence-corrected chi connectivity index (χ0v) is 11.5. The molecule has 0 aliphatic heterocycles. The van der Waals surface area contributed by atoms with Gasteiger partial charge in [-0.3, -0.25) is 0 Å². The summed E-state index contributed by atoms with van der Waals surface area (Å²) in [4.78, 5) is 0. The maximum absolute atomic E-state index is 5.56. The van der Waals surface area contributed by atoms with E-state index < -0.39 is 0 Å². The topological polar surface area (TPSA) is 61.3 Å². The quantitative estimate of drug-likeness (QED) is 0.923. The van der Waals surface area contributed by atoms with E-state index in [0.29, 0.717) is 11.6 Å². The van der Waals surface area contributed by atoms with Gasteiger partial charge in [0.2, 0.25) is 0 Å². The fraction of sp³-hybridized carbons (Fsp3) is 0.250. The molecule has 0 atom stereocenters. The van der Waals surface area contributed by atoms with Gasteiger partial charge in [-0.15, -0.1) is 0 Å². The highest BCUT2D eigenvalue weighted by Crippen LogP contribution is 2.40. The largest absolute Gasteiger partial charge is 0.495 e. The van der Waals surface area contributed by atoms with Crippen molar-refractivity contribution in [1.82, 2.24) is 5.16 Å². The predicted octanol–water partition coefficient (Wildman–Crippen LogP) is 3.31. The van der Waals surface area contributed by atoms with Gasteiger partial charge < -0.3 is 15.0 Å². The first kappa shape index (κ1) is 12.0.